The summed E-state index contributed by atoms with van der Waals surface area (Å²) in [5.41, 5.74) is 6.56. The first kappa shape index (κ1) is 23.0. The van der Waals surface area contributed by atoms with Crippen LogP contribution >= 0.6 is 0 Å². The number of hydrogen-bond acceptors (Lipinski definition) is 8. The van der Waals surface area contributed by atoms with Gasteiger partial charge in [-0.15, -0.1) is 0 Å². The third kappa shape index (κ3) is 4.80. The highest BCUT2D eigenvalue weighted by molar-refractivity contribution is 7.89. The molecule has 0 spiro atoms. The molecule has 1 saturated heterocycles. The minimum absolute atomic E-state index is 0.0445. The molecule has 33 heavy (non-hydrogen) atoms. The van der Waals surface area contributed by atoms with Crippen LogP contribution in [-0.4, -0.2) is 48.5 Å². The summed E-state index contributed by atoms with van der Waals surface area (Å²) >= 11 is 0. The van der Waals surface area contributed by atoms with Crippen LogP contribution in [0.2, 0.25) is 0 Å². The Morgan fingerprint density at radius 2 is 2.18 bits per heavy atom. The lowest BCUT2D eigenvalue weighted by Gasteiger charge is -2.42. The van der Waals surface area contributed by atoms with Crippen LogP contribution in [0.25, 0.3) is 0 Å². The molecule has 0 aromatic carbocycles. The van der Waals surface area contributed by atoms with Gasteiger partial charge in [-0.05, 0) is 64.3 Å². The van der Waals surface area contributed by atoms with Gasteiger partial charge in [0.25, 0.3) is 10.0 Å². The van der Waals surface area contributed by atoms with Crippen molar-refractivity contribution in [2.45, 2.75) is 56.6 Å². The Bertz CT molecular complexity index is 1180. The number of aliphatic imine (C=N–C) groups is 2. The molecule has 176 valence electrons. The second-order valence-corrected chi connectivity index (χ2v) is 10.9. The number of sulfonamides is 1. The van der Waals surface area contributed by atoms with Crippen LogP contribution in [0.4, 0.5) is 5.82 Å². The molecule has 4 rings (SSSR count). The van der Waals surface area contributed by atoms with Crippen molar-refractivity contribution in [1.82, 2.24) is 14.6 Å². The monoisotopic (exact) mass is 469 g/mol. The van der Waals surface area contributed by atoms with Gasteiger partial charge < -0.3 is 16.0 Å². The lowest BCUT2D eigenvalue weighted by molar-refractivity contribution is 0.226. The Kier molecular flexibility index (Phi) is 6.04. The molecule has 2 unspecified atom stereocenters. The molecule has 1 aromatic heterocycles. The summed E-state index contributed by atoms with van der Waals surface area (Å²) in [7, 11) is -3.88. The maximum absolute atomic E-state index is 13.0. The maximum Gasteiger partial charge on any atom is 0.279 e. The van der Waals surface area contributed by atoms with Crippen LogP contribution in [0.1, 0.15) is 40.0 Å². The highest BCUT2D eigenvalue weighted by Crippen LogP contribution is 2.39. The van der Waals surface area contributed by atoms with Crippen molar-refractivity contribution in [3.8, 4) is 0 Å². The average molecular weight is 470 g/mol. The van der Waals surface area contributed by atoms with Crippen molar-refractivity contribution < 1.29 is 8.42 Å². The van der Waals surface area contributed by atoms with Gasteiger partial charge in [0, 0.05) is 35.7 Å². The minimum atomic E-state index is -3.88. The molecular formula is C23H31N7O2S. The number of nitrogens with zero attached hydrogens (tertiary/aromatic N) is 4. The van der Waals surface area contributed by atoms with E-state index in [0.29, 0.717) is 36.0 Å². The van der Waals surface area contributed by atoms with E-state index in [4.69, 9.17) is 10.7 Å². The molecule has 0 saturated carbocycles. The van der Waals surface area contributed by atoms with Crippen molar-refractivity contribution in [2.75, 3.05) is 11.9 Å². The summed E-state index contributed by atoms with van der Waals surface area (Å²) in [4.78, 5) is 16.0. The fourth-order valence-electron chi connectivity index (χ4n) is 4.54. The van der Waals surface area contributed by atoms with E-state index in [1.807, 2.05) is 6.08 Å². The van der Waals surface area contributed by atoms with Crippen LogP contribution in [0.5, 0.6) is 0 Å². The molecular weight excluding hydrogens is 438 g/mol. The standard InChI is InChI=1S/C23H31N7O2S/c1-15(24)11-13-25-20-9-8-18-16(2)29-33(31,32)21-7-5-6-19(27-21)26-14-17-10-12-23(3,4)30(17)22(18)28-20/h5-7,9,11,13,17-18,29H,2,8,10,12,14,24H2,1,3-4H3,(H,26,27). The molecule has 0 aliphatic carbocycles. The predicted octanol–water partition coefficient (Wildman–Crippen LogP) is 2.74. The number of nitrogens with two attached hydrogens (primary N) is 1. The molecule has 3 aliphatic heterocycles. The number of anilines is 1. The average Bonchev–Trinajstić information content (AvgIpc) is 3.05. The van der Waals surface area contributed by atoms with Gasteiger partial charge in [0.15, 0.2) is 5.03 Å². The second kappa shape index (κ2) is 8.66. The summed E-state index contributed by atoms with van der Waals surface area (Å²) in [6, 6.07) is 5.10. The van der Waals surface area contributed by atoms with E-state index in [-0.39, 0.29) is 22.5 Å². The van der Waals surface area contributed by atoms with E-state index in [9.17, 15) is 8.42 Å². The van der Waals surface area contributed by atoms with E-state index >= 15 is 0 Å². The number of rotatable bonds is 2. The largest absolute Gasteiger partial charge is 0.402 e. The topological polar surface area (TPSA) is 125 Å². The molecule has 1 aromatic rings. The highest BCUT2D eigenvalue weighted by Gasteiger charge is 2.44. The maximum atomic E-state index is 13.0. The van der Waals surface area contributed by atoms with Crippen LogP contribution in [0.15, 0.2) is 69.2 Å². The molecule has 9 nitrogen and oxygen atoms in total. The zero-order valence-electron chi connectivity index (χ0n) is 19.2. The SMILES string of the molecule is C=C1NS(=O)(=O)c2cccc(n2)NCC2CCC(C)(C)N2C2=NC(N=CC=C(C)N)=CCC12. The zero-order chi connectivity index (χ0) is 23.8. The van der Waals surface area contributed by atoms with Crippen molar-refractivity contribution in [3.05, 3.63) is 54.1 Å². The van der Waals surface area contributed by atoms with E-state index in [2.05, 4.69) is 45.3 Å². The number of pyridine rings is 1. The number of allylic oxidation sites excluding steroid dienone is 3. The lowest BCUT2D eigenvalue weighted by Crippen LogP contribution is -2.53. The quantitative estimate of drug-likeness (QED) is 0.572. The number of fused-ring (bicyclic) bond motifs is 5. The van der Waals surface area contributed by atoms with Gasteiger partial charge >= 0.3 is 0 Å². The second-order valence-electron chi connectivity index (χ2n) is 9.26. The van der Waals surface area contributed by atoms with Crippen molar-refractivity contribution in [1.29, 1.82) is 0 Å². The van der Waals surface area contributed by atoms with Gasteiger partial charge in [-0.2, -0.15) is 8.42 Å². The van der Waals surface area contributed by atoms with Gasteiger partial charge in [0.05, 0.1) is 5.92 Å². The van der Waals surface area contributed by atoms with Crippen LogP contribution in [0.3, 0.4) is 0 Å². The van der Waals surface area contributed by atoms with E-state index in [1.54, 1.807) is 31.3 Å². The highest BCUT2D eigenvalue weighted by atomic mass is 32.2. The van der Waals surface area contributed by atoms with Crippen molar-refractivity contribution >= 4 is 27.9 Å². The Hall–Kier alpha value is -3.14. The van der Waals surface area contributed by atoms with Crippen molar-refractivity contribution in [2.24, 2.45) is 21.6 Å². The molecule has 4 heterocycles. The number of nitrogens with one attached hydrogen (secondary N) is 2. The normalized spacial score (nSPS) is 26.7. The third-order valence-electron chi connectivity index (χ3n) is 6.18. The van der Waals surface area contributed by atoms with Gasteiger partial charge in [-0.25, -0.2) is 15.0 Å². The molecule has 3 aliphatic rings. The first-order valence-corrected chi connectivity index (χ1v) is 12.5. The Morgan fingerprint density at radius 3 is 2.94 bits per heavy atom. The first-order valence-electron chi connectivity index (χ1n) is 11.0. The molecule has 4 N–H and O–H groups in total. The Morgan fingerprint density at radius 1 is 1.39 bits per heavy atom. The van der Waals surface area contributed by atoms with E-state index in [1.165, 1.54) is 6.07 Å². The fraction of sp³-hybridized carbons (Fsp3) is 0.435. The summed E-state index contributed by atoms with van der Waals surface area (Å²) in [5.74, 6) is 1.54. The number of hydrogen-bond donors (Lipinski definition) is 3. The van der Waals surface area contributed by atoms with Gasteiger partial charge in [-0.3, -0.25) is 4.72 Å². The van der Waals surface area contributed by atoms with Gasteiger partial charge in [0.1, 0.15) is 17.5 Å². The summed E-state index contributed by atoms with van der Waals surface area (Å²) in [6.07, 6.45) is 7.72. The molecule has 0 radical (unpaired) electrons. The predicted molar refractivity (Wildman–Crippen MR) is 131 cm³/mol. The summed E-state index contributed by atoms with van der Waals surface area (Å²) in [5, 5.41) is 3.28. The third-order valence-corrected chi connectivity index (χ3v) is 7.49. The first-order chi connectivity index (χ1) is 15.6. The number of amidine groups is 1. The fourth-order valence-corrected chi connectivity index (χ4v) is 5.61. The lowest BCUT2D eigenvalue weighted by atomic mass is 9.94. The van der Waals surface area contributed by atoms with E-state index < -0.39 is 10.0 Å². The van der Waals surface area contributed by atoms with E-state index in [0.717, 1.165) is 18.7 Å². The zero-order valence-corrected chi connectivity index (χ0v) is 20.1. The van der Waals surface area contributed by atoms with Crippen LogP contribution in [0, 0.1) is 5.92 Å². The molecule has 2 atom stereocenters. The molecule has 1 fully saturated rings. The smallest absolute Gasteiger partial charge is 0.279 e. The minimum Gasteiger partial charge on any atom is -0.402 e. The Labute approximate surface area is 195 Å². The van der Waals surface area contributed by atoms with Gasteiger partial charge in [0.2, 0.25) is 0 Å². The molecule has 10 heteroatoms. The molecule has 2 bridgehead atoms. The molecule has 0 amide bonds. The summed E-state index contributed by atoms with van der Waals surface area (Å²) < 4.78 is 28.7. The van der Waals surface area contributed by atoms with Crippen molar-refractivity contribution in [3.63, 3.8) is 0 Å². The van der Waals surface area contributed by atoms with Crippen LogP contribution in [-0.2, 0) is 10.0 Å². The van der Waals surface area contributed by atoms with Gasteiger partial charge in [-0.1, -0.05) is 12.6 Å². The number of aromatic nitrogens is 1. The Balaban J connectivity index is 1.79. The summed E-state index contributed by atoms with van der Waals surface area (Å²) in [6.45, 7) is 10.9. The van der Waals surface area contributed by atoms with Crippen LogP contribution < -0.4 is 15.8 Å².